The summed E-state index contributed by atoms with van der Waals surface area (Å²) in [4.78, 5) is 16.2. The van der Waals surface area contributed by atoms with E-state index < -0.39 is 6.04 Å². The molecule has 1 aromatic heterocycles. The first kappa shape index (κ1) is 14.5. The van der Waals surface area contributed by atoms with E-state index in [0.717, 1.165) is 15.7 Å². The van der Waals surface area contributed by atoms with Gasteiger partial charge < -0.3 is 10.1 Å². The number of hydrogen-bond donors (Lipinski definition) is 1. The molecule has 0 aliphatic heterocycles. The van der Waals surface area contributed by atoms with E-state index in [9.17, 15) is 4.79 Å². The molecule has 1 atom stereocenters. The van der Waals surface area contributed by atoms with Gasteiger partial charge in [-0.3, -0.25) is 4.98 Å². The van der Waals surface area contributed by atoms with Crippen molar-refractivity contribution >= 4 is 27.6 Å². The lowest BCUT2D eigenvalue weighted by Gasteiger charge is -2.18. The Hall–Kier alpha value is -1.88. The second-order valence-electron chi connectivity index (χ2n) is 4.32. The van der Waals surface area contributed by atoms with Crippen molar-refractivity contribution in [1.82, 2.24) is 4.98 Å². The number of ether oxygens (including phenoxy) is 1. The van der Waals surface area contributed by atoms with Gasteiger partial charge in [-0.25, -0.2) is 4.79 Å². The molecule has 1 unspecified atom stereocenters. The summed E-state index contributed by atoms with van der Waals surface area (Å²) in [5.41, 5.74) is 2.55. The van der Waals surface area contributed by atoms with E-state index in [1.807, 2.05) is 37.3 Å². The zero-order valence-electron chi connectivity index (χ0n) is 11.3. The van der Waals surface area contributed by atoms with Crippen LogP contribution in [0.3, 0.4) is 0 Å². The third kappa shape index (κ3) is 3.36. The summed E-state index contributed by atoms with van der Waals surface area (Å²) in [5.74, 6) is -0.372. The van der Waals surface area contributed by atoms with Crippen LogP contribution in [0.2, 0.25) is 0 Å². The molecule has 0 radical (unpaired) electrons. The summed E-state index contributed by atoms with van der Waals surface area (Å²) in [5, 5.41) is 3.18. The molecule has 0 fully saturated rings. The number of anilines is 1. The standard InChI is InChI=1S/C15H15BrN2O2/c1-10-5-3-4-6-12(10)18-14(15(19)20-2)13-8-7-11(16)9-17-13/h3-9,14,18H,1-2H3. The van der Waals surface area contributed by atoms with Crippen LogP contribution in [0, 0.1) is 6.92 Å². The van der Waals surface area contributed by atoms with Crippen molar-refractivity contribution in [2.75, 3.05) is 12.4 Å². The monoisotopic (exact) mass is 334 g/mol. The predicted molar refractivity (Wildman–Crippen MR) is 81.5 cm³/mol. The molecule has 4 nitrogen and oxygen atoms in total. The van der Waals surface area contributed by atoms with E-state index in [4.69, 9.17) is 4.74 Å². The Morgan fingerprint density at radius 3 is 2.65 bits per heavy atom. The molecular weight excluding hydrogens is 320 g/mol. The molecule has 0 saturated carbocycles. The Morgan fingerprint density at radius 1 is 1.30 bits per heavy atom. The Bertz CT molecular complexity index is 599. The quantitative estimate of drug-likeness (QED) is 0.869. The van der Waals surface area contributed by atoms with Gasteiger partial charge in [0, 0.05) is 16.4 Å². The Morgan fingerprint density at radius 2 is 2.05 bits per heavy atom. The third-order valence-electron chi connectivity index (χ3n) is 2.93. The molecule has 0 spiro atoms. The predicted octanol–water partition coefficient (Wildman–Crippen LogP) is 3.48. The number of benzene rings is 1. The summed E-state index contributed by atoms with van der Waals surface area (Å²) in [6.07, 6.45) is 1.66. The Balaban J connectivity index is 2.31. The van der Waals surface area contributed by atoms with Crippen LogP contribution in [0.5, 0.6) is 0 Å². The summed E-state index contributed by atoms with van der Waals surface area (Å²) < 4.78 is 5.72. The van der Waals surface area contributed by atoms with Crippen LogP contribution in [0.15, 0.2) is 47.1 Å². The van der Waals surface area contributed by atoms with Gasteiger partial charge in [-0.1, -0.05) is 18.2 Å². The fourth-order valence-electron chi connectivity index (χ4n) is 1.82. The number of carbonyl (C=O) groups excluding carboxylic acids is 1. The van der Waals surface area contributed by atoms with Crippen LogP contribution in [0.1, 0.15) is 17.3 Å². The van der Waals surface area contributed by atoms with Crippen LogP contribution >= 0.6 is 15.9 Å². The van der Waals surface area contributed by atoms with Crippen molar-refractivity contribution in [2.24, 2.45) is 0 Å². The lowest BCUT2D eigenvalue weighted by atomic mass is 10.1. The largest absolute Gasteiger partial charge is 0.467 e. The Kier molecular flexibility index (Phi) is 4.74. The number of para-hydroxylation sites is 1. The van der Waals surface area contributed by atoms with Gasteiger partial charge in [-0.2, -0.15) is 0 Å². The van der Waals surface area contributed by atoms with Gasteiger partial charge in [0.15, 0.2) is 6.04 Å². The van der Waals surface area contributed by atoms with Crippen molar-refractivity contribution in [3.63, 3.8) is 0 Å². The van der Waals surface area contributed by atoms with Crippen LogP contribution in [0.25, 0.3) is 0 Å². The summed E-state index contributed by atoms with van der Waals surface area (Å²) in [7, 11) is 1.37. The second kappa shape index (κ2) is 6.52. The smallest absolute Gasteiger partial charge is 0.334 e. The third-order valence-corrected chi connectivity index (χ3v) is 3.40. The number of pyridine rings is 1. The van der Waals surface area contributed by atoms with Crippen molar-refractivity contribution in [3.8, 4) is 0 Å². The first-order chi connectivity index (χ1) is 9.61. The number of nitrogens with zero attached hydrogens (tertiary/aromatic N) is 1. The van der Waals surface area contributed by atoms with E-state index in [2.05, 4.69) is 26.2 Å². The second-order valence-corrected chi connectivity index (χ2v) is 5.23. The minimum atomic E-state index is -0.630. The number of aromatic nitrogens is 1. The molecule has 1 aromatic carbocycles. The summed E-state index contributed by atoms with van der Waals surface area (Å²) >= 11 is 3.33. The molecule has 0 amide bonds. The van der Waals surface area contributed by atoms with E-state index in [1.54, 1.807) is 12.3 Å². The summed E-state index contributed by atoms with van der Waals surface area (Å²) in [6, 6.07) is 10.8. The van der Waals surface area contributed by atoms with Gasteiger partial charge in [0.2, 0.25) is 0 Å². The molecular formula is C15H15BrN2O2. The maximum absolute atomic E-state index is 12.0. The SMILES string of the molecule is COC(=O)C(Nc1ccccc1C)c1ccc(Br)cn1. The van der Waals surface area contributed by atoms with Gasteiger partial charge in [-0.15, -0.1) is 0 Å². The van der Waals surface area contributed by atoms with E-state index >= 15 is 0 Å². The average molecular weight is 335 g/mol. The van der Waals surface area contributed by atoms with Crippen LogP contribution in [-0.4, -0.2) is 18.1 Å². The van der Waals surface area contributed by atoms with Crippen molar-refractivity contribution in [1.29, 1.82) is 0 Å². The van der Waals surface area contributed by atoms with Crippen LogP contribution in [-0.2, 0) is 9.53 Å². The Labute approximate surface area is 126 Å². The molecule has 5 heteroatoms. The van der Waals surface area contributed by atoms with Crippen LogP contribution in [0.4, 0.5) is 5.69 Å². The number of hydrogen-bond acceptors (Lipinski definition) is 4. The highest BCUT2D eigenvalue weighted by Crippen LogP contribution is 2.23. The number of methoxy groups -OCH3 is 1. The molecule has 2 rings (SSSR count). The molecule has 1 N–H and O–H groups in total. The maximum atomic E-state index is 12.0. The zero-order valence-corrected chi connectivity index (χ0v) is 12.8. The molecule has 0 aliphatic carbocycles. The molecule has 2 aromatic rings. The van der Waals surface area contributed by atoms with Gasteiger partial charge in [0.1, 0.15) is 0 Å². The van der Waals surface area contributed by atoms with Gasteiger partial charge in [0.25, 0.3) is 0 Å². The highest BCUT2D eigenvalue weighted by molar-refractivity contribution is 9.10. The molecule has 104 valence electrons. The number of rotatable bonds is 4. The number of nitrogens with one attached hydrogen (secondary N) is 1. The van der Waals surface area contributed by atoms with Crippen molar-refractivity contribution < 1.29 is 9.53 Å². The lowest BCUT2D eigenvalue weighted by molar-refractivity contribution is -0.141. The highest BCUT2D eigenvalue weighted by Gasteiger charge is 2.23. The number of halogens is 1. The zero-order chi connectivity index (χ0) is 14.5. The first-order valence-corrected chi connectivity index (χ1v) is 6.92. The van der Waals surface area contributed by atoms with E-state index in [0.29, 0.717) is 5.69 Å². The van der Waals surface area contributed by atoms with Crippen LogP contribution < -0.4 is 5.32 Å². The number of esters is 1. The minimum Gasteiger partial charge on any atom is -0.467 e. The minimum absolute atomic E-state index is 0.372. The van der Waals surface area contributed by atoms with Crippen molar-refractivity contribution in [3.05, 3.63) is 58.3 Å². The van der Waals surface area contributed by atoms with E-state index in [1.165, 1.54) is 7.11 Å². The first-order valence-electron chi connectivity index (χ1n) is 6.13. The highest BCUT2D eigenvalue weighted by atomic mass is 79.9. The molecule has 1 heterocycles. The van der Waals surface area contributed by atoms with Gasteiger partial charge >= 0.3 is 5.97 Å². The topological polar surface area (TPSA) is 51.2 Å². The number of aryl methyl sites for hydroxylation is 1. The molecule has 0 saturated heterocycles. The van der Waals surface area contributed by atoms with Crippen molar-refractivity contribution in [2.45, 2.75) is 13.0 Å². The molecule has 20 heavy (non-hydrogen) atoms. The fourth-order valence-corrected chi connectivity index (χ4v) is 2.05. The normalized spacial score (nSPS) is 11.8. The fraction of sp³-hybridized carbons (Fsp3) is 0.200. The average Bonchev–Trinajstić information content (AvgIpc) is 2.47. The van der Waals surface area contributed by atoms with Gasteiger partial charge in [0.05, 0.1) is 12.8 Å². The lowest BCUT2D eigenvalue weighted by Crippen LogP contribution is -2.23. The molecule has 0 bridgehead atoms. The maximum Gasteiger partial charge on any atom is 0.334 e. The number of carbonyl (C=O) groups is 1. The summed E-state index contributed by atoms with van der Waals surface area (Å²) in [6.45, 7) is 1.98. The van der Waals surface area contributed by atoms with Gasteiger partial charge in [-0.05, 0) is 46.6 Å². The van der Waals surface area contributed by atoms with E-state index in [-0.39, 0.29) is 5.97 Å². The molecule has 0 aliphatic rings.